The second-order valence-corrected chi connectivity index (χ2v) is 0. The molecule has 0 fully saturated rings. The first-order valence-electron chi connectivity index (χ1n) is 0. The fourth-order valence-corrected chi connectivity index (χ4v) is 0. The Kier molecular flexibility index (Phi) is 437. The minimum absolute atomic E-state index is 0. The molecule has 0 unspecified atom stereocenters. The Hall–Kier alpha value is 4.36. The quantitative estimate of drug-likeness (QED) is 0.327. The van der Waals surface area contributed by atoms with E-state index in [0.717, 1.165) is 0 Å². The Bertz CT molecular complexity index is 19.7. The molecule has 0 saturated heterocycles. The molecule has 0 saturated carbocycles. The van der Waals surface area contributed by atoms with E-state index in [9.17, 15) is 0 Å². The van der Waals surface area contributed by atoms with Gasteiger partial charge in [0.1, 0.15) is 0 Å². The van der Waals surface area contributed by atoms with Crippen LogP contribution in [0.3, 0.4) is 0 Å². The molecule has 0 aliphatic heterocycles. The molecule has 0 N–H and O–H groups in total. The largest absolute Gasteiger partial charge is 0 e. The van der Waals surface area contributed by atoms with Crippen LogP contribution in [0.1, 0.15) is 0 Å². The Balaban J connectivity index is 0. The van der Waals surface area contributed by atoms with E-state index < -0.39 is 0 Å². The summed E-state index contributed by atoms with van der Waals surface area (Å²) in [6, 6.07) is 0. The summed E-state index contributed by atoms with van der Waals surface area (Å²) in [5, 5.41) is 0. The Labute approximate surface area is 135 Å². The molecular formula is AsCdCoCuGeNiSb. The van der Waals surface area contributed by atoms with Crippen molar-refractivity contribution in [2.45, 2.75) is 0 Å². The maximum Gasteiger partial charge on any atom is 0 e. The molecule has 0 atom stereocenters. The molecule has 0 aromatic carbocycles. The van der Waals surface area contributed by atoms with Gasteiger partial charge in [-0.1, -0.05) is 0 Å². The predicted octanol–water partition coefficient (Wildman–Crippen LogP) is -1.15. The van der Waals surface area contributed by atoms with Gasteiger partial charge in [-0.05, 0) is 0 Å². The number of rotatable bonds is 0. The second kappa shape index (κ2) is 47.7. The van der Waals surface area contributed by atoms with Gasteiger partial charge in [-0.3, -0.25) is 0 Å². The van der Waals surface area contributed by atoms with Crippen molar-refractivity contribution in [3.63, 3.8) is 0 Å². The smallest absolute Gasteiger partial charge is 0 e. The Morgan fingerprint density at radius 2 is 1.00 bits per heavy atom. The Morgan fingerprint density at radius 1 is 1.00 bits per heavy atom. The van der Waals surface area contributed by atoms with E-state index in [-0.39, 0.29) is 138 Å². The zero-order chi connectivity index (χ0) is 0. The fraction of sp³-hybridized carbons (Fsp3) is 0. The molecule has 7 heteroatoms. The van der Waals surface area contributed by atoms with Gasteiger partial charge in [0, 0.05) is 138 Å². The predicted molar refractivity (Wildman–Crippen MR) is 17.3 cm³/mol. The summed E-state index contributed by atoms with van der Waals surface area (Å²) in [6.45, 7) is 0. The molecule has 0 aliphatic rings. The molecule has 12 radical (unpaired) electrons. The molecule has 0 spiro atoms. The van der Waals surface area contributed by atoms with Gasteiger partial charge in [0.15, 0.2) is 0 Å². The normalized spacial score (nSPS) is 0. The standard InChI is InChI=1S/As.Cd.Co.Cu.Ge.Ni.Sb. The maximum absolute atomic E-state index is 0. The molecule has 0 bridgehead atoms. The third-order valence-corrected chi connectivity index (χ3v) is 0. The first-order chi connectivity index (χ1) is 0. The number of hydrogen-bond acceptors (Lipinski definition) is 0. The molecule has 0 nitrogen and oxygen atoms in total. The molecule has 0 aromatic rings. The van der Waals surface area contributed by atoms with Crippen molar-refractivity contribution >= 4 is 60.0 Å². The average molecular weight is 563 g/mol. The van der Waals surface area contributed by atoms with Gasteiger partial charge in [-0.2, -0.15) is 0 Å². The third kappa shape index (κ3) is 38.1. The molecule has 0 aromatic heterocycles. The maximum atomic E-state index is 0. The van der Waals surface area contributed by atoms with Crippen LogP contribution in [0, 0.1) is 0 Å². The van der Waals surface area contributed by atoms with Gasteiger partial charge in [0.05, 0.1) is 0 Å². The topological polar surface area (TPSA) is 0 Å². The van der Waals surface area contributed by atoms with Crippen molar-refractivity contribution < 1.29 is 77.6 Å². The summed E-state index contributed by atoms with van der Waals surface area (Å²) in [5.41, 5.74) is 0. The second-order valence-electron chi connectivity index (χ2n) is 0. The fourth-order valence-electron chi connectivity index (χ4n) is 0. The SMILES string of the molecule is [As].[Cd].[Co].[Cu].[Ge].[Ni].[Sb]. The van der Waals surface area contributed by atoms with Crippen molar-refractivity contribution in [1.29, 1.82) is 0 Å². The van der Waals surface area contributed by atoms with E-state index in [1.807, 2.05) is 0 Å². The molecule has 0 rings (SSSR count). The van der Waals surface area contributed by atoms with Crippen molar-refractivity contribution in [3.05, 3.63) is 0 Å². The van der Waals surface area contributed by atoms with Crippen LogP contribution in [0.2, 0.25) is 0 Å². The first-order valence-corrected chi connectivity index (χ1v) is 0. The van der Waals surface area contributed by atoms with E-state index in [0.29, 0.717) is 0 Å². The van der Waals surface area contributed by atoms with Gasteiger partial charge in [0.2, 0.25) is 0 Å². The van der Waals surface area contributed by atoms with E-state index in [4.69, 9.17) is 0 Å². The minimum atomic E-state index is 0. The van der Waals surface area contributed by atoms with Crippen LogP contribution < -0.4 is 0 Å². The van der Waals surface area contributed by atoms with E-state index >= 15 is 0 Å². The van der Waals surface area contributed by atoms with Gasteiger partial charge >= 0.3 is 0 Å². The van der Waals surface area contributed by atoms with Crippen molar-refractivity contribution in [2.24, 2.45) is 0 Å². The van der Waals surface area contributed by atoms with Gasteiger partial charge < -0.3 is 0 Å². The van der Waals surface area contributed by atoms with E-state index in [1.54, 1.807) is 0 Å². The minimum Gasteiger partial charge on any atom is 0 e. The zero-order valence-electron chi connectivity index (χ0n) is 3.05. The van der Waals surface area contributed by atoms with Crippen LogP contribution in [0.15, 0.2) is 0 Å². The summed E-state index contributed by atoms with van der Waals surface area (Å²) in [5.74, 6) is 0. The van der Waals surface area contributed by atoms with Gasteiger partial charge in [-0.15, -0.1) is 0 Å². The summed E-state index contributed by atoms with van der Waals surface area (Å²) < 4.78 is 0. The summed E-state index contributed by atoms with van der Waals surface area (Å²) in [6.07, 6.45) is 0. The van der Waals surface area contributed by atoms with Crippen LogP contribution in [-0.2, 0) is 77.6 Å². The summed E-state index contributed by atoms with van der Waals surface area (Å²) >= 11 is 0. The van der Waals surface area contributed by atoms with Crippen LogP contribution in [-0.4, -0.2) is 60.0 Å². The molecule has 0 aliphatic carbocycles. The van der Waals surface area contributed by atoms with Crippen molar-refractivity contribution in [1.82, 2.24) is 0 Å². The molecular weight excluding hydrogens is 563 g/mol. The third-order valence-electron chi connectivity index (χ3n) is 0. The number of hydrogen-bond donors (Lipinski definition) is 0. The summed E-state index contributed by atoms with van der Waals surface area (Å²) in [7, 11) is 0. The molecule has 0 amide bonds. The average Bonchev–Trinajstić information content (AvgIpc) is 0. The van der Waals surface area contributed by atoms with Crippen molar-refractivity contribution in [2.75, 3.05) is 0 Å². The zero-order valence-corrected chi connectivity index (χ0v) is 16.6. The van der Waals surface area contributed by atoms with Gasteiger partial charge in [-0.25, -0.2) is 0 Å². The van der Waals surface area contributed by atoms with E-state index in [2.05, 4.69) is 0 Å². The Morgan fingerprint density at radius 3 is 1.00 bits per heavy atom. The molecule has 46 valence electrons. The van der Waals surface area contributed by atoms with Crippen molar-refractivity contribution in [3.8, 4) is 0 Å². The van der Waals surface area contributed by atoms with Gasteiger partial charge in [0.25, 0.3) is 0 Å². The van der Waals surface area contributed by atoms with E-state index in [1.165, 1.54) is 0 Å². The van der Waals surface area contributed by atoms with Crippen LogP contribution >= 0.6 is 0 Å². The first kappa shape index (κ1) is 64.1. The van der Waals surface area contributed by atoms with Crippen LogP contribution in [0.4, 0.5) is 0 Å². The summed E-state index contributed by atoms with van der Waals surface area (Å²) in [4.78, 5) is 0. The van der Waals surface area contributed by atoms with Crippen LogP contribution in [0.25, 0.3) is 0 Å². The molecule has 7 heavy (non-hydrogen) atoms. The molecule has 0 heterocycles. The monoisotopic (exact) mass is 563 g/mol. The van der Waals surface area contributed by atoms with Crippen LogP contribution in [0.5, 0.6) is 0 Å².